The number of benzene rings is 2. The Labute approximate surface area is 230 Å². The van der Waals surface area contributed by atoms with E-state index in [1.807, 2.05) is 37.0 Å². The highest BCUT2D eigenvalue weighted by molar-refractivity contribution is 7.21. The monoisotopic (exact) mass is 608 g/mol. The normalized spacial score (nSPS) is 14.2. The molecule has 190 valence electrons. The third-order valence-corrected chi connectivity index (χ3v) is 7.42. The first kappa shape index (κ1) is 27.6. The minimum Gasteiger partial charge on any atom is -1.00 e. The van der Waals surface area contributed by atoms with E-state index in [4.69, 9.17) is 9.72 Å². The highest BCUT2D eigenvalue weighted by Gasteiger charge is 2.27. The molecule has 2 aliphatic heterocycles. The Bertz CT molecular complexity index is 1220. The molecule has 0 N–H and O–H groups in total. The maximum absolute atomic E-state index is 12.4. The molecule has 1 fully saturated rings. The van der Waals surface area contributed by atoms with E-state index in [2.05, 4.69) is 60.6 Å². The minimum absolute atomic E-state index is 0. The maximum atomic E-state index is 12.4. The van der Waals surface area contributed by atoms with Crippen LogP contribution in [0.2, 0.25) is 0 Å². The van der Waals surface area contributed by atoms with Gasteiger partial charge in [0, 0.05) is 30.9 Å². The highest BCUT2D eigenvalue weighted by Crippen LogP contribution is 2.34. The molecule has 0 atom stereocenters. The molecule has 4 rings (SSSR count). The Morgan fingerprint density at radius 3 is 2.40 bits per heavy atom. The van der Waals surface area contributed by atoms with Crippen molar-refractivity contribution >= 4 is 33.3 Å². The van der Waals surface area contributed by atoms with E-state index in [-0.39, 0.29) is 30.1 Å². The third-order valence-electron chi connectivity index (χ3n) is 6.34. The summed E-state index contributed by atoms with van der Waals surface area (Å²) in [6.45, 7) is 17.2. The fourth-order valence-corrected chi connectivity index (χ4v) is 5.57. The van der Waals surface area contributed by atoms with Crippen LogP contribution < -0.4 is 38.8 Å². The molecule has 8 heteroatoms. The largest absolute Gasteiger partial charge is 1.00 e. The van der Waals surface area contributed by atoms with E-state index >= 15 is 0 Å². The van der Waals surface area contributed by atoms with Crippen molar-refractivity contribution in [2.75, 3.05) is 44.2 Å². The van der Waals surface area contributed by atoms with Crippen molar-refractivity contribution in [1.29, 1.82) is 0 Å². The number of nitrogens with zero attached hydrogens (tertiary/aromatic N) is 4. The van der Waals surface area contributed by atoms with Crippen molar-refractivity contribution in [3.05, 3.63) is 41.3 Å². The first-order chi connectivity index (χ1) is 16.2. The van der Waals surface area contributed by atoms with E-state index in [1.165, 1.54) is 26.2 Å². The molecular weight excluding hydrogens is 571 g/mol. The SMILES string of the molecule is CCc1cc(N(CC)CC)cc2sc3cc(=[N+]4CCN(C(=O)OC(C)(C)C)CC4)ccc-3nc12.[I-]. The van der Waals surface area contributed by atoms with Gasteiger partial charge in [-0.05, 0) is 64.8 Å². The van der Waals surface area contributed by atoms with Gasteiger partial charge in [0.2, 0.25) is 5.36 Å². The molecule has 0 unspecified atom stereocenters. The summed E-state index contributed by atoms with van der Waals surface area (Å²) in [4.78, 5) is 22.9. The Hall–Kier alpha value is -1.94. The standard InChI is InChI=1S/C27H37N4O2S.HI/c1-7-19-16-21(29(8-2)9-3)18-24-25(19)28-22-11-10-20(17-23(22)34-24)30-12-14-31(15-13-30)26(32)33-27(4,5)6;/h10-11,16-18H,7-9,12-15H2,1-6H3;1H/q+1;/p-1. The number of piperazine rings is 1. The van der Waals surface area contributed by atoms with Crippen molar-refractivity contribution < 1.29 is 33.5 Å². The molecule has 2 heterocycles. The number of hydrogen-bond acceptors (Lipinski definition) is 5. The first-order valence-corrected chi connectivity index (χ1v) is 13.2. The van der Waals surface area contributed by atoms with Gasteiger partial charge >= 0.3 is 6.09 Å². The molecule has 3 aliphatic rings. The van der Waals surface area contributed by atoms with Gasteiger partial charge in [-0.15, -0.1) is 11.3 Å². The summed E-state index contributed by atoms with van der Waals surface area (Å²) in [7, 11) is 0. The Kier molecular flexibility index (Phi) is 9.01. The number of amides is 1. The zero-order valence-corrected chi connectivity index (χ0v) is 24.7. The van der Waals surface area contributed by atoms with Gasteiger partial charge in [-0.1, -0.05) is 6.92 Å². The summed E-state index contributed by atoms with van der Waals surface area (Å²) < 4.78 is 9.12. The number of fused-ring (bicyclic) bond motifs is 2. The van der Waals surface area contributed by atoms with Crippen LogP contribution in [0.3, 0.4) is 0 Å². The van der Waals surface area contributed by atoms with Gasteiger partial charge in [0.1, 0.15) is 5.60 Å². The second kappa shape index (κ2) is 11.4. The lowest BCUT2D eigenvalue weighted by Gasteiger charge is -2.28. The molecule has 1 amide bonds. The molecule has 1 aromatic carbocycles. The fraction of sp³-hybridized carbons (Fsp3) is 0.519. The number of ether oxygens (including phenoxy) is 1. The van der Waals surface area contributed by atoms with Crippen LogP contribution in [0.5, 0.6) is 0 Å². The van der Waals surface area contributed by atoms with Crippen molar-refractivity contribution in [2.24, 2.45) is 0 Å². The smallest absolute Gasteiger partial charge is 0.410 e. The van der Waals surface area contributed by atoms with Gasteiger partial charge < -0.3 is 33.6 Å². The number of hydrogen-bond donors (Lipinski definition) is 0. The van der Waals surface area contributed by atoms with E-state index < -0.39 is 5.60 Å². The van der Waals surface area contributed by atoms with Crippen LogP contribution >= 0.6 is 11.3 Å². The zero-order valence-electron chi connectivity index (χ0n) is 21.7. The summed E-state index contributed by atoms with van der Waals surface area (Å²) in [6.07, 6.45) is 0.746. The molecule has 1 aliphatic carbocycles. The van der Waals surface area contributed by atoms with Crippen LogP contribution in [-0.4, -0.2) is 60.8 Å². The van der Waals surface area contributed by atoms with Crippen LogP contribution in [0, 0.1) is 0 Å². The van der Waals surface area contributed by atoms with E-state index in [0.29, 0.717) is 13.1 Å². The number of carbonyl (C=O) groups is 1. The van der Waals surface area contributed by atoms with Crippen LogP contribution in [0.1, 0.15) is 47.1 Å². The second-order valence-corrected chi connectivity index (χ2v) is 10.9. The van der Waals surface area contributed by atoms with Gasteiger partial charge in [-0.3, -0.25) is 4.90 Å². The number of aromatic nitrogens is 1. The van der Waals surface area contributed by atoms with Gasteiger partial charge in [-0.25, -0.2) is 14.4 Å². The number of carbonyl (C=O) groups excluding carboxylic acids is 1. The third kappa shape index (κ3) is 6.25. The number of rotatable bonds is 4. The average molecular weight is 609 g/mol. The van der Waals surface area contributed by atoms with E-state index in [9.17, 15) is 4.79 Å². The van der Waals surface area contributed by atoms with Gasteiger partial charge in [-0.2, -0.15) is 0 Å². The quantitative estimate of drug-likeness (QED) is 0.258. The fourth-order valence-electron chi connectivity index (χ4n) is 4.48. The molecule has 1 aromatic rings. The summed E-state index contributed by atoms with van der Waals surface area (Å²) in [5.74, 6) is 0. The molecule has 0 saturated carbocycles. The van der Waals surface area contributed by atoms with Crippen LogP contribution in [-0.2, 0) is 11.2 Å². The number of aryl methyl sites for hydroxylation is 1. The van der Waals surface area contributed by atoms with Gasteiger partial charge in [0.25, 0.3) is 0 Å². The van der Waals surface area contributed by atoms with E-state index in [0.717, 1.165) is 43.8 Å². The van der Waals surface area contributed by atoms with Crippen LogP contribution in [0.25, 0.3) is 20.8 Å². The van der Waals surface area contributed by atoms with Crippen LogP contribution in [0.4, 0.5) is 10.5 Å². The lowest BCUT2D eigenvalue weighted by Crippen LogP contribution is -3.00. The van der Waals surface area contributed by atoms with Crippen molar-refractivity contribution in [1.82, 2.24) is 14.5 Å². The lowest BCUT2D eigenvalue weighted by atomic mass is 10.1. The topological polar surface area (TPSA) is 48.7 Å². The Morgan fingerprint density at radius 1 is 1.11 bits per heavy atom. The minimum atomic E-state index is -0.466. The number of anilines is 1. The Balaban J connectivity index is 0.00000342. The maximum Gasteiger partial charge on any atom is 0.410 e. The molecule has 1 saturated heterocycles. The summed E-state index contributed by atoms with van der Waals surface area (Å²) in [5.41, 5.74) is 4.28. The van der Waals surface area contributed by atoms with E-state index in [1.54, 1.807) is 0 Å². The van der Waals surface area contributed by atoms with Crippen molar-refractivity contribution in [2.45, 2.75) is 53.6 Å². The summed E-state index contributed by atoms with van der Waals surface area (Å²) >= 11 is 1.82. The zero-order chi connectivity index (χ0) is 24.5. The molecule has 35 heavy (non-hydrogen) atoms. The summed E-state index contributed by atoms with van der Waals surface area (Å²) in [6, 6.07) is 11.2. The van der Waals surface area contributed by atoms with Crippen molar-refractivity contribution in [3.63, 3.8) is 0 Å². The average Bonchev–Trinajstić information content (AvgIpc) is 2.81. The summed E-state index contributed by atoms with van der Waals surface area (Å²) in [5, 5.41) is 1.18. The predicted molar refractivity (Wildman–Crippen MR) is 142 cm³/mol. The second-order valence-electron chi connectivity index (χ2n) is 9.80. The van der Waals surface area contributed by atoms with Gasteiger partial charge in [0.15, 0.2) is 13.1 Å². The molecule has 0 radical (unpaired) electrons. The molecule has 0 spiro atoms. The molecule has 0 aromatic heterocycles. The Morgan fingerprint density at radius 2 is 1.80 bits per heavy atom. The lowest BCUT2D eigenvalue weighted by molar-refractivity contribution is -0.0000535. The molecule has 0 bridgehead atoms. The first-order valence-electron chi connectivity index (χ1n) is 12.4. The molecular formula is C27H37IN4O2S. The molecule has 6 nitrogen and oxygen atoms in total. The number of halogens is 1. The van der Waals surface area contributed by atoms with Gasteiger partial charge in [0.05, 0.1) is 33.9 Å². The van der Waals surface area contributed by atoms with Crippen molar-refractivity contribution in [3.8, 4) is 10.6 Å². The predicted octanol–water partition coefficient (Wildman–Crippen LogP) is 1.84. The van der Waals surface area contributed by atoms with Crippen LogP contribution in [0.15, 0.2) is 30.3 Å². The highest BCUT2D eigenvalue weighted by atomic mass is 127.